The van der Waals surface area contributed by atoms with E-state index in [4.69, 9.17) is 11.6 Å². The van der Waals surface area contributed by atoms with Crippen molar-refractivity contribution in [3.8, 4) is 0 Å². The lowest BCUT2D eigenvalue weighted by molar-refractivity contribution is -0.682. The maximum absolute atomic E-state index is 6.23. The average molecular weight is 358 g/mol. The van der Waals surface area contributed by atoms with Crippen molar-refractivity contribution in [3.63, 3.8) is 0 Å². The number of halogens is 1. The molecule has 1 heterocycles. The predicted molar refractivity (Wildman–Crippen MR) is 109 cm³/mol. The van der Waals surface area contributed by atoms with Gasteiger partial charge in [0.1, 0.15) is 7.05 Å². The molecule has 1 aromatic heterocycles. The second-order valence-corrected chi connectivity index (χ2v) is 7.40. The number of benzene rings is 1. The Balaban J connectivity index is 2.19. The standard InChI is InChI=1S/C22H30ClN2/c1-6-22(4,21-16-19(23)12-14-25(21)5)13-8-9-18-10-11-20(24-7-2)15-17(18)3/h8-12,14-16,24H,6-7,13H2,1-5H3/q+1/b9-8+. The van der Waals surface area contributed by atoms with Crippen molar-refractivity contribution in [2.24, 2.45) is 7.05 Å². The number of allylic oxidation sites excluding steroid dienone is 1. The second kappa shape index (κ2) is 8.53. The first-order valence-corrected chi connectivity index (χ1v) is 9.44. The summed E-state index contributed by atoms with van der Waals surface area (Å²) in [5.41, 5.74) is 5.08. The van der Waals surface area contributed by atoms with E-state index in [1.54, 1.807) is 0 Å². The van der Waals surface area contributed by atoms with E-state index in [0.717, 1.165) is 24.4 Å². The van der Waals surface area contributed by atoms with Crippen LogP contribution in [0.3, 0.4) is 0 Å². The minimum atomic E-state index is 0.0633. The van der Waals surface area contributed by atoms with Crippen molar-refractivity contribution in [2.75, 3.05) is 11.9 Å². The van der Waals surface area contributed by atoms with Gasteiger partial charge in [-0.1, -0.05) is 36.7 Å². The molecular weight excluding hydrogens is 328 g/mol. The molecule has 2 rings (SSSR count). The molecule has 0 spiro atoms. The SMILES string of the molecule is CCNc1ccc(/C=C/CC(C)(CC)c2cc(Cl)cc[n+]2C)c(C)c1. The summed E-state index contributed by atoms with van der Waals surface area (Å²) in [7, 11) is 2.09. The highest BCUT2D eigenvalue weighted by Gasteiger charge is 2.31. The first kappa shape index (κ1) is 19.5. The fourth-order valence-electron chi connectivity index (χ4n) is 3.20. The number of anilines is 1. The third-order valence-electron chi connectivity index (χ3n) is 5.03. The molecule has 25 heavy (non-hydrogen) atoms. The zero-order valence-electron chi connectivity index (χ0n) is 16.1. The number of aromatic nitrogens is 1. The summed E-state index contributed by atoms with van der Waals surface area (Å²) in [5, 5.41) is 4.16. The van der Waals surface area contributed by atoms with Crippen LogP contribution in [0.1, 0.15) is 50.4 Å². The molecule has 0 aliphatic rings. The van der Waals surface area contributed by atoms with Gasteiger partial charge >= 0.3 is 0 Å². The molecule has 0 aliphatic heterocycles. The summed E-state index contributed by atoms with van der Waals surface area (Å²) in [5.74, 6) is 0. The lowest BCUT2D eigenvalue weighted by Gasteiger charge is -2.24. The quantitative estimate of drug-likeness (QED) is 0.630. The van der Waals surface area contributed by atoms with Gasteiger partial charge in [-0.3, -0.25) is 0 Å². The van der Waals surface area contributed by atoms with Gasteiger partial charge in [0, 0.05) is 24.4 Å². The molecule has 0 saturated heterocycles. The van der Waals surface area contributed by atoms with Crippen LogP contribution in [0.15, 0.2) is 42.6 Å². The normalized spacial score (nSPS) is 13.8. The van der Waals surface area contributed by atoms with E-state index >= 15 is 0 Å². The van der Waals surface area contributed by atoms with Crippen LogP contribution in [-0.4, -0.2) is 6.54 Å². The molecule has 1 atom stereocenters. The number of hydrogen-bond acceptors (Lipinski definition) is 1. The maximum atomic E-state index is 6.23. The smallest absolute Gasteiger partial charge is 0.188 e. The summed E-state index contributed by atoms with van der Waals surface area (Å²) in [6.07, 6.45) is 8.61. The molecule has 0 aliphatic carbocycles. The Bertz CT molecular complexity index is 752. The van der Waals surface area contributed by atoms with Crippen LogP contribution in [0.2, 0.25) is 5.02 Å². The average Bonchev–Trinajstić information content (AvgIpc) is 2.59. The Morgan fingerprint density at radius 2 is 1.96 bits per heavy atom. The van der Waals surface area contributed by atoms with E-state index < -0.39 is 0 Å². The Morgan fingerprint density at radius 3 is 2.60 bits per heavy atom. The van der Waals surface area contributed by atoms with Crippen LogP contribution in [0.25, 0.3) is 6.08 Å². The van der Waals surface area contributed by atoms with E-state index in [-0.39, 0.29) is 5.41 Å². The van der Waals surface area contributed by atoms with Gasteiger partial charge in [-0.2, -0.15) is 0 Å². The van der Waals surface area contributed by atoms with Crippen molar-refractivity contribution < 1.29 is 4.57 Å². The third-order valence-corrected chi connectivity index (χ3v) is 5.26. The Hall–Kier alpha value is -1.80. The van der Waals surface area contributed by atoms with Crippen LogP contribution in [0, 0.1) is 6.92 Å². The third kappa shape index (κ3) is 4.85. The molecule has 2 aromatic rings. The van der Waals surface area contributed by atoms with Crippen LogP contribution in [0.5, 0.6) is 0 Å². The van der Waals surface area contributed by atoms with Crippen molar-refractivity contribution in [1.82, 2.24) is 0 Å². The van der Waals surface area contributed by atoms with Gasteiger partial charge in [-0.15, -0.1) is 0 Å². The van der Waals surface area contributed by atoms with E-state index in [2.05, 4.69) is 81.0 Å². The fraction of sp³-hybridized carbons (Fsp3) is 0.409. The van der Waals surface area contributed by atoms with E-state index in [1.165, 1.54) is 22.5 Å². The number of hydrogen-bond donors (Lipinski definition) is 1. The molecular formula is C22H30ClN2+. The number of aryl methyl sites for hydroxylation is 2. The highest BCUT2D eigenvalue weighted by atomic mass is 35.5. The van der Waals surface area contributed by atoms with Crippen molar-refractivity contribution in [3.05, 3.63) is 64.4 Å². The Labute approximate surface area is 157 Å². The lowest BCUT2D eigenvalue weighted by atomic mass is 9.80. The lowest BCUT2D eigenvalue weighted by Crippen LogP contribution is -2.41. The molecule has 0 radical (unpaired) electrons. The summed E-state index contributed by atoms with van der Waals surface area (Å²) in [6.45, 7) is 9.77. The van der Waals surface area contributed by atoms with E-state index in [1.807, 2.05) is 12.3 Å². The van der Waals surface area contributed by atoms with Crippen LogP contribution in [0.4, 0.5) is 5.69 Å². The largest absolute Gasteiger partial charge is 0.385 e. The molecule has 0 saturated carbocycles. The fourth-order valence-corrected chi connectivity index (χ4v) is 3.36. The van der Waals surface area contributed by atoms with Crippen molar-refractivity contribution >= 4 is 23.4 Å². The number of pyridine rings is 1. The highest BCUT2D eigenvalue weighted by Crippen LogP contribution is 2.31. The van der Waals surface area contributed by atoms with Gasteiger partial charge in [0.25, 0.3) is 0 Å². The zero-order chi connectivity index (χ0) is 18.4. The molecule has 0 bridgehead atoms. The molecule has 0 amide bonds. The van der Waals surface area contributed by atoms with Gasteiger partial charge in [0.2, 0.25) is 0 Å². The first-order chi connectivity index (χ1) is 11.9. The predicted octanol–water partition coefficient (Wildman–Crippen LogP) is 5.68. The monoisotopic (exact) mass is 357 g/mol. The van der Waals surface area contributed by atoms with Crippen LogP contribution >= 0.6 is 11.6 Å². The topological polar surface area (TPSA) is 15.9 Å². The Kier molecular flexibility index (Phi) is 6.66. The number of nitrogens with one attached hydrogen (secondary N) is 1. The zero-order valence-corrected chi connectivity index (χ0v) is 16.8. The molecule has 3 heteroatoms. The van der Waals surface area contributed by atoms with Gasteiger partial charge < -0.3 is 5.32 Å². The molecule has 134 valence electrons. The van der Waals surface area contributed by atoms with Crippen molar-refractivity contribution in [1.29, 1.82) is 0 Å². The summed E-state index contributed by atoms with van der Waals surface area (Å²) >= 11 is 6.23. The molecule has 1 unspecified atom stereocenters. The van der Waals surface area contributed by atoms with Crippen molar-refractivity contribution in [2.45, 2.75) is 46.0 Å². The van der Waals surface area contributed by atoms with Gasteiger partial charge in [0.05, 0.1) is 10.4 Å². The van der Waals surface area contributed by atoms with Gasteiger partial charge in [-0.05, 0) is 56.9 Å². The summed E-state index contributed by atoms with van der Waals surface area (Å²) in [4.78, 5) is 0. The molecule has 1 aromatic carbocycles. The van der Waals surface area contributed by atoms with Crippen LogP contribution < -0.4 is 9.88 Å². The number of rotatable bonds is 7. The molecule has 1 N–H and O–H groups in total. The van der Waals surface area contributed by atoms with Gasteiger partial charge in [0.15, 0.2) is 11.9 Å². The van der Waals surface area contributed by atoms with E-state index in [9.17, 15) is 0 Å². The first-order valence-electron chi connectivity index (χ1n) is 9.06. The van der Waals surface area contributed by atoms with E-state index in [0.29, 0.717) is 0 Å². The van der Waals surface area contributed by atoms with Crippen LogP contribution in [-0.2, 0) is 12.5 Å². The summed E-state index contributed by atoms with van der Waals surface area (Å²) in [6, 6.07) is 10.6. The number of nitrogens with zero attached hydrogens (tertiary/aromatic N) is 1. The second-order valence-electron chi connectivity index (χ2n) is 6.96. The molecule has 0 fully saturated rings. The maximum Gasteiger partial charge on any atom is 0.188 e. The Morgan fingerprint density at radius 1 is 1.20 bits per heavy atom. The van der Waals surface area contributed by atoms with Gasteiger partial charge in [-0.25, -0.2) is 4.57 Å². The molecule has 2 nitrogen and oxygen atoms in total. The minimum absolute atomic E-state index is 0.0633. The minimum Gasteiger partial charge on any atom is -0.385 e. The summed E-state index contributed by atoms with van der Waals surface area (Å²) < 4.78 is 2.18. The highest BCUT2D eigenvalue weighted by molar-refractivity contribution is 6.30.